The molecule has 2 aromatic carbocycles. The summed E-state index contributed by atoms with van der Waals surface area (Å²) in [4.78, 5) is 16.7. The van der Waals surface area contributed by atoms with Gasteiger partial charge in [-0.1, -0.05) is 66.0 Å². The van der Waals surface area contributed by atoms with Gasteiger partial charge < -0.3 is 14.5 Å². The number of sulfonamides is 1. The van der Waals surface area contributed by atoms with E-state index in [-0.39, 0.29) is 34.1 Å². The van der Waals surface area contributed by atoms with Gasteiger partial charge in [-0.25, -0.2) is 8.42 Å². The van der Waals surface area contributed by atoms with Crippen LogP contribution in [0.2, 0.25) is 10.0 Å². The number of benzene rings is 2. The summed E-state index contributed by atoms with van der Waals surface area (Å²) in [5.41, 5.74) is 1.04. The van der Waals surface area contributed by atoms with Crippen molar-refractivity contribution in [3.63, 3.8) is 0 Å². The third-order valence-electron chi connectivity index (χ3n) is 5.98. The number of piperidine rings is 1. The number of carbonyl (C=O) groups excluding carboxylic acids is 1. The first-order valence-corrected chi connectivity index (χ1v) is 13.9. The van der Waals surface area contributed by atoms with E-state index in [2.05, 4.69) is 0 Å². The molecule has 0 aromatic heterocycles. The van der Waals surface area contributed by atoms with E-state index in [1.54, 1.807) is 11.0 Å². The molecular formula is C25H33Cl2N3O4S. The summed E-state index contributed by atoms with van der Waals surface area (Å²) in [6.45, 7) is 2.16. The average molecular weight is 543 g/mol. The van der Waals surface area contributed by atoms with Crippen LogP contribution in [0.4, 0.5) is 0 Å². The molecule has 1 aliphatic rings. The van der Waals surface area contributed by atoms with E-state index < -0.39 is 16.1 Å². The number of rotatable bonds is 11. The number of halogens is 2. The number of hydrogen-bond donors (Lipinski definition) is 0. The number of ether oxygens (including phenoxy) is 1. The van der Waals surface area contributed by atoms with E-state index in [0.29, 0.717) is 26.1 Å². The number of amides is 1. The maximum Gasteiger partial charge on any atom is 0.248 e. The highest BCUT2D eigenvalue weighted by molar-refractivity contribution is 7.89. The van der Waals surface area contributed by atoms with Gasteiger partial charge >= 0.3 is 0 Å². The van der Waals surface area contributed by atoms with Gasteiger partial charge in [-0.2, -0.15) is 4.31 Å². The summed E-state index contributed by atoms with van der Waals surface area (Å²) < 4.78 is 34.1. The fourth-order valence-electron chi connectivity index (χ4n) is 4.09. The molecule has 0 radical (unpaired) electrons. The Labute approximate surface area is 218 Å². The summed E-state index contributed by atoms with van der Waals surface area (Å²) in [6.07, 6.45) is 2.27. The van der Waals surface area contributed by atoms with Crippen molar-refractivity contribution in [2.24, 2.45) is 0 Å². The van der Waals surface area contributed by atoms with E-state index in [1.807, 2.05) is 49.3 Å². The standard InChI is InChI=1S/C25H33Cl2N3O4S/c1-28(2)15-16-29(17-20-9-4-3-5-10-20)24(31)19-34-18-21-11-6-7-14-30(21)35(32,33)25-22(26)12-8-13-23(25)27/h3-5,8-10,12-13,21H,6-7,11,14-19H2,1-2H3. The smallest absolute Gasteiger partial charge is 0.248 e. The Balaban J connectivity index is 1.65. The Hall–Kier alpha value is -1.68. The van der Waals surface area contributed by atoms with E-state index in [9.17, 15) is 13.2 Å². The molecule has 1 atom stereocenters. The zero-order valence-corrected chi connectivity index (χ0v) is 22.5. The van der Waals surface area contributed by atoms with Gasteiger partial charge in [-0.15, -0.1) is 0 Å². The van der Waals surface area contributed by atoms with Gasteiger partial charge in [0.15, 0.2) is 0 Å². The minimum atomic E-state index is -3.91. The number of nitrogens with zero attached hydrogens (tertiary/aromatic N) is 3. The van der Waals surface area contributed by atoms with Gasteiger partial charge in [0, 0.05) is 32.2 Å². The Morgan fingerprint density at radius 1 is 1.03 bits per heavy atom. The Bertz CT molecular complexity index is 1060. The molecule has 192 valence electrons. The molecule has 35 heavy (non-hydrogen) atoms. The molecule has 10 heteroatoms. The van der Waals surface area contributed by atoms with Crippen LogP contribution in [0.1, 0.15) is 24.8 Å². The molecule has 1 fully saturated rings. The summed E-state index contributed by atoms with van der Waals surface area (Å²) in [5.74, 6) is -0.130. The molecule has 1 heterocycles. The van der Waals surface area contributed by atoms with Crippen LogP contribution >= 0.6 is 23.2 Å². The lowest BCUT2D eigenvalue weighted by molar-refractivity contribution is -0.137. The van der Waals surface area contributed by atoms with Crippen LogP contribution in [-0.4, -0.2) is 81.4 Å². The Kier molecular flexibility index (Phi) is 10.4. The molecule has 1 unspecified atom stereocenters. The van der Waals surface area contributed by atoms with E-state index in [0.717, 1.165) is 24.9 Å². The molecule has 3 rings (SSSR count). The quantitative estimate of drug-likeness (QED) is 0.427. The van der Waals surface area contributed by atoms with Crippen molar-refractivity contribution < 1.29 is 17.9 Å². The first-order chi connectivity index (χ1) is 16.7. The maximum absolute atomic E-state index is 13.4. The van der Waals surface area contributed by atoms with E-state index in [4.69, 9.17) is 27.9 Å². The molecular weight excluding hydrogens is 509 g/mol. The lowest BCUT2D eigenvalue weighted by Gasteiger charge is -2.35. The van der Waals surface area contributed by atoms with Crippen LogP contribution in [-0.2, 0) is 26.1 Å². The first-order valence-electron chi connectivity index (χ1n) is 11.7. The zero-order chi connectivity index (χ0) is 25.4. The molecule has 1 amide bonds. The van der Waals surface area contributed by atoms with Crippen molar-refractivity contribution in [1.29, 1.82) is 0 Å². The first kappa shape index (κ1) is 27.9. The van der Waals surface area contributed by atoms with Crippen LogP contribution in [0.5, 0.6) is 0 Å². The van der Waals surface area contributed by atoms with Gasteiger partial charge in [0.2, 0.25) is 15.9 Å². The van der Waals surface area contributed by atoms with Crippen LogP contribution in [0.25, 0.3) is 0 Å². The molecule has 7 nitrogen and oxygen atoms in total. The van der Waals surface area contributed by atoms with Crippen LogP contribution in [0.3, 0.4) is 0 Å². The van der Waals surface area contributed by atoms with Crippen LogP contribution < -0.4 is 0 Å². The predicted octanol–water partition coefficient (Wildman–Crippen LogP) is 4.14. The largest absolute Gasteiger partial charge is 0.370 e. The minimum Gasteiger partial charge on any atom is -0.370 e. The second kappa shape index (κ2) is 13.0. The van der Waals surface area contributed by atoms with Crippen molar-refractivity contribution in [2.45, 2.75) is 36.7 Å². The molecule has 1 aliphatic heterocycles. The maximum atomic E-state index is 13.4. The second-order valence-corrected chi connectivity index (χ2v) is 11.6. The molecule has 0 bridgehead atoms. The van der Waals surface area contributed by atoms with E-state index in [1.165, 1.54) is 16.4 Å². The highest BCUT2D eigenvalue weighted by atomic mass is 35.5. The number of hydrogen-bond acceptors (Lipinski definition) is 5. The van der Waals surface area contributed by atoms with Gasteiger partial charge in [-0.3, -0.25) is 4.79 Å². The molecule has 2 aromatic rings. The van der Waals surface area contributed by atoms with E-state index >= 15 is 0 Å². The summed E-state index contributed by atoms with van der Waals surface area (Å²) >= 11 is 12.4. The second-order valence-electron chi connectivity index (χ2n) is 8.94. The zero-order valence-electron chi connectivity index (χ0n) is 20.2. The summed E-state index contributed by atoms with van der Waals surface area (Å²) in [6, 6.07) is 14.1. The SMILES string of the molecule is CN(C)CCN(Cc1ccccc1)C(=O)COCC1CCCCN1S(=O)(=O)c1c(Cl)cccc1Cl. The van der Waals surface area contributed by atoms with Gasteiger partial charge in [0.25, 0.3) is 0 Å². The summed E-state index contributed by atoms with van der Waals surface area (Å²) in [5, 5.41) is 0.186. The monoisotopic (exact) mass is 541 g/mol. The summed E-state index contributed by atoms with van der Waals surface area (Å²) in [7, 11) is 0.0168. The van der Waals surface area contributed by atoms with Crippen LogP contribution in [0.15, 0.2) is 53.4 Å². The Morgan fingerprint density at radius 3 is 2.37 bits per heavy atom. The normalized spacial score (nSPS) is 17.0. The van der Waals surface area contributed by atoms with Crippen LogP contribution in [0, 0.1) is 0 Å². The molecule has 0 spiro atoms. The highest BCUT2D eigenvalue weighted by Gasteiger charge is 2.36. The fourth-order valence-corrected chi connectivity index (χ4v) is 6.87. The highest BCUT2D eigenvalue weighted by Crippen LogP contribution is 2.34. The van der Waals surface area contributed by atoms with Crippen molar-refractivity contribution in [1.82, 2.24) is 14.1 Å². The number of carbonyl (C=O) groups is 1. The third-order valence-corrected chi connectivity index (χ3v) is 8.89. The molecule has 1 saturated heterocycles. The lowest BCUT2D eigenvalue weighted by atomic mass is 10.1. The van der Waals surface area contributed by atoms with Gasteiger partial charge in [-0.05, 0) is 44.6 Å². The average Bonchev–Trinajstić information content (AvgIpc) is 2.82. The third kappa shape index (κ3) is 7.65. The molecule has 0 saturated carbocycles. The Morgan fingerprint density at radius 2 is 1.71 bits per heavy atom. The lowest BCUT2D eigenvalue weighted by Crippen LogP contribution is -2.46. The van der Waals surface area contributed by atoms with Crippen molar-refractivity contribution in [3.05, 3.63) is 64.1 Å². The predicted molar refractivity (Wildman–Crippen MR) is 139 cm³/mol. The molecule has 0 aliphatic carbocycles. The molecule has 0 N–H and O–H groups in total. The minimum absolute atomic E-state index is 0.0796. The van der Waals surface area contributed by atoms with Gasteiger partial charge in [0.05, 0.1) is 16.7 Å². The van der Waals surface area contributed by atoms with Crippen molar-refractivity contribution >= 4 is 39.1 Å². The van der Waals surface area contributed by atoms with Crippen molar-refractivity contribution in [2.75, 3.05) is 46.9 Å². The number of likely N-dealkylation sites (N-methyl/N-ethyl adjacent to an activating group) is 1. The van der Waals surface area contributed by atoms with Gasteiger partial charge in [0.1, 0.15) is 11.5 Å². The fraction of sp³-hybridized carbons (Fsp3) is 0.480. The topological polar surface area (TPSA) is 70.2 Å². The van der Waals surface area contributed by atoms with Crippen molar-refractivity contribution in [3.8, 4) is 0 Å².